The number of halogens is 1. The van der Waals surface area contributed by atoms with Gasteiger partial charge in [-0.2, -0.15) is 0 Å². The predicted molar refractivity (Wildman–Crippen MR) is 184 cm³/mol. The zero-order valence-electron chi connectivity index (χ0n) is 27.1. The van der Waals surface area contributed by atoms with Gasteiger partial charge >= 0.3 is 0 Å². The highest BCUT2D eigenvalue weighted by Crippen LogP contribution is 2.27. The Morgan fingerprint density at radius 3 is 2.08 bits per heavy atom. The molecule has 1 aliphatic carbocycles. The van der Waals surface area contributed by atoms with Crippen LogP contribution in [0.2, 0.25) is 0 Å². The maximum atomic E-state index is 14.6. The van der Waals surface area contributed by atoms with E-state index >= 15 is 0 Å². The monoisotopic (exact) mass is 671 g/mol. The average Bonchev–Trinajstić information content (AvgIpc) is 3.11. The number of para-hydroxylation sites is 1. The first-order valence-electron chi connectivity index (χ1n) is 16.4. The van der Waals surface area contributed by atoms with Crippen molar-refractivity contribution in [3.63, 3.8) is 0 Å². The Morgan fingerprint density at radius 2 is 1.46 bits per heavy atom. The van der Waals surface area contributed by atoms with Gasteiger partial charge in [-0.15, -0.1) is 0 Å². The van der Waals surface area contributed by atoms with Crippen molar-refractivity contribution in [2.24, 2.45) is 0 Å². The Morgan fingerprint density at radius 1 is 0.833 bits per heavy atom. The Balaban J connectivity index is 1.53. The number of sulfonamides is 1. The molecule has 0 saturated heterocycles. The van der Waals surface area contributed by atoms with Crippen LogP contribution in [0.1, 0.15) is 50.2 Å². The molecule has 1 unspecified atom stereocenters. The average molecular weight is 672 g/mol. The van der Waals surface area contributed by atoms with Crippen molar-refractivity contribution < 1.29 is 27.1 Å². The van der Waals surface area contributed by atoms with Crippen LogP contribution in [0.15, 0.2) is 114 Å². The highest BCUT2D eigenvalue weighted by atomic mass is 32.2. The van der Waals surface area contributed by atoms with Crippen molar-refractivity contribution in [2.45, 2.75) is 69.0 Å². The lowest BCUT2D eigenvalue weighted by molar-refractivity contribution is -0.140. The second-order valence-corrected chi connectivity index (χ2v) is 13.8. The quantitative estimate of drug-likeness (QED) is 0.165. The lowest BCUT2D eigenvalue weighted by atomic mass is 9.94. The molecule has 5 rings (SSSR count). The smallest absolute Gasteiger partial charge is 0.264 e. The molecular weight excluding hydrogens is 629 g/mol. The summed E-state index contributed by atoms with van der Waals surface area (Å²) in [5.74, 6) is -0.777. The second-order valence-electron chi connectivity index (χ2n) is 11.9. The van der Waals surface area contributed by atoms with Crippen LogP contribution in [0.4, 0.5) is 10.1 Å². The van der Waals surface area contributed by atoms with Crippen LogP contribution in [-0.2, 0) is 32.6 Å². The van der Waals surface area contributed by atoms with Gasteiger partial charge in [-0.3, -0.25) is 13.9 Å². The number of hydrogen-bond donors (Lipinski definition) is 1. The van der Waals surface area contributed by atoms with E-state index in [0.29, 0.717) is 23.6 Å². The van der Waals surface area contributed by atoms with E-state index in [1.807, 2.05) is 37.3 Å². The predicted octanol–water partition coefficient (Wildman–Crippen LogP) is 6.51. The van der Waals surface area contributed by atoms with Gasteiger partial charge in [-0.1, -0.05) is 79.9 Å². The molecule has 1 N–H and O–H groups in total. The van der Waals surface area contributed by atoms with Gasteiger partial charge in [0, 0.05) is 19.0 Å². The zero-order valence-corrected chi connectivity index (χ0v) is 27.9. The Hall–Kier alpha value is -4.70. The van der Waals surface area contributed by atoms with E-state index in [2.05, 4.69) is 5.32 Å². The number of hydrogen-bond acceptors (Lipinski definition) is 5. The normalized spacial score (nSPS) is 14.1. The van der Waals surface area contributed by atoms with Gasteiger partial charge in [0.1, 0.15) is 24.2 Å². The molecule has 0 heterocycles. The maximum Gasteiger partial charge on any atom is 0.264 e. The standard InChI is InChI=1S/C38H42FN3O5S/c1-2-47-34-22-24-35(25-23-34)48(45,46)42(33-16-10-5-11-17-33)28-37(43)41(27-30-18-20-31(39)21-19-30)36(26-29-12-6-3-7-13-29)38(44)40-32-14-8-4-9-15-32/h3,5-7,10-13,16-25,32,36H,2,4,8-9,14-15,26-28H2,1H3,(H,40,44). The second kappa shape index (κ2) is 16.4. The van der Waals surface area contributed by atoms with E-state index in [0.717, 1.165) is 42.0 Å². The molecule has 2 amide bonds. The van der Waals surface area contributed by atoms with Gasteiger partial charge in [0.05, 0.1) is 17.2 Å². The molecule has 4 aromatic carbocycles. The number of nitrogens with zero attached hydrogens (tertiary/aromatic N) is 2. The lowest BCUT2D eigenvalue weighted by Gasteiger charge is -2.35. The molecule has 1 atom stereocenters. The van der Waals surface area contributed by atoms with E-state index in [4.69, 9.17) is 4.74 Å². The summed E-state index contributed by atoms with van der Waals surface area (Å²) in [5.41, 5.74) is 1.75. The third-order valence-corrected chi connectivity index (χ3v) is 10.3. The van der Waals surface area contributed by atoms with E-state index in [9.17, 15) is 22.4 Å². The van der Waals surface area contributed by atoms with Crippen molar-refractivity contribution >= 4 is 27.5 Å². The van der Waals surface area contributed by atoms with E-state index in [1.54, 1.807) is 54.6 Å². The fourth-order valence-electron chi connectivity index (χ4n) is 6.01. The van der Waals surface area contributed by atoms with Gasteiger partial charge in [-0.25, -0.2) is 12.8 Å². The molecule has 1 fully saturated rings. The SMILES string of the molecule is CCOc1ccc(S(=O)(=O)N(CC(=O)N(Cc2ccc(F)cc2)C(Cc2ccccc2)C(=O)NC2CCCCC2)c2ccccc2)cc1. The van der Waals surface area contributed by atoms with Crippen LogP contribution in [0.3, 0.4) is 0 Å². The fraction of sp³-hybridized carbons (Fsp3) is 0.316. The molecule has 0 aromatic heterocycles. The van der Waals surface area contributed by atoms with Crippen LogP contribution < -0.4 is 14.4 Å². The number of rotatable bonds is 14. The number of carbonyl (C=O) groups excluding carboxylic acids is 2. The summed E-state index contributed by atoms with van der Waals surface area (Å²) < 4.78 is 48.9. The van der Waals surface area contributed by atoms with Crippen molar-refractivity contribution in [3.8, 4) is 5.75 Å². The minimum atomic E-state index is -4.24. The molecule has 4 aromatic rings. The fourth-order valence-corrected chi connectivity index (χ4v) is 7.42. The molecule has 1 saturated carbocycles. The van der Waals surface area contributed by atoms with Crippen LogP contribution >= 0.6 is 0 Å². The minimum Gasteiger partial charge on any atom is -0.494 e. The van der Waals surface area contributed by atoms with Crippen LogP contribution in [0.5, 0.6) is 5.75 Å². The van der Waals surface area contributed by atoms with E-state index in [1.165, 1.54) is 29.2 Å². The van der Waals surface area contributed by atoms with Gasteiger partial charge in [0.2, 0.25) is 11.8 Å². The largest absolute Gasteiger partial charge is 0.494 e. The number of amides is 2. The first-order chi connectivity index (χ1) is 23.2. The van der Waals surface area contributed by atoms with E-state index < -0.39 is 34.3 Å². The highest BCUT2D eigenvalue weighted by molar-refractivity contribution is 7.92. The van der Waals surface area contributed by atoms with Crippen molar-refractivity contribution in [3.05, 3.63) is 126 Å². The Bertz CT molecular complexity index is 1730. The van der Waals surface area contributed by atoms with Gasteiger partial charge in [-0.05, 0) is 79.4 Å². The molecule has 0 radical (unpaired) electrons. The topological polar surface area (TPSA) is 96.0 Å². The van der Waals surface area contributed by atoms with Crippen molar-refractivity contribution in [2.75, 3.05) is 17.5 Å². The number of benzene rings is 4. The molecule has 1 aliphatic rings. The maximum absolute atomic E-state index is 14.6. The zero-order chi connectivity index (χ0) is 33.9. The van der Waals surface area contributed by atoms with Crippen LogP contribution in [0.25, 0.3) is 0 Å². The number of ether oxygens (including phenoxy) is 1. The molecule has 8 nitrogen and oxygen atoms in total. The Labute approximate surface area is 282 Å². The molecule has 0 spiro atoms. The highest BCUT2D eigenvalue weighted by Gasteiger charge is 2.35. The number of carbonyl (C=O) groups is 2. The van der Waals surface area contributed by atoms with Crippen LogP contribution in [-0.4, -0.2) is 50.4 Å². The van der Waals surface area contributed by atoms with Gasteiger partial charge in [0.15, 0.2) is 0 Å². The number of anilines is 1. The van der Waals surface area contributed by atoms with Crippen LogP contribution in [0, 0.1) is 5.82 Å². The summed E-state index contributed by atoms with van der Waals surface area (Å²) in [6.45, 7) is 1.67. The molecular formula is C38H42FN3O5S. The van der Waals surface area contributed by atoms with Gasteiger partial charge in [0.25, 0.3) is 10.0 Å². The van der Waals surface area contributed by atoms with E-state index in [-0.39, 0.29) is 29.8 Å². The van der Waals surface area contributed by atoms with Gasteiger partial charge < -0.3 is 15.0 Å². The summed E-state index contributed by atoms with van der Waals surface area (Å²) in [6.07, 6.45) is 5.08. The Kier molecular flexibility index (Phi) is 11.8. The first kappa shape index (κ1) is 34.6. The summed E-state index contributed by atoms with van der Waals surface area (Å²) in [6, 6.07) is 28.7. The third-order valence-electron chi connectivity index (χ3n) is 8.53. The minimum absolute atomic E-state index is 0.00634. The summed E-state index contributed by atoms with van der Waals surface area (Å²) in [7, 11) is -4.24. The summed E-state index contributed by atoms with van der Waals surface area (Å²) >= 11 is 0. The first-order valence-corrected chi connectivity index (χ1v) is 17.9. The molecule has 0 aliphatic heterocycles. The molecule has 0 bridgehead atoms. The van der Waals surface area contributed by atoms with Crippen molar-refractivity contribution in [1.29, 1.82) is 0 Å². The third kappa shape index (κ3) is 9.01. The van der Waals surface area contributed by atoms with Crippen molar-refractivity contribution in [1.82, 2.24) is 10.2 Å². The molecule has 48 heavy (non-hydrogen) atoms. The molecule has 252 valence electrons. The summed E-state index contributed by atoms with van der Waals surface area (Å²) in [4.78, 5) is 30.2. The summed E-state index contributed by atoms with van der Waals surface area (Å²) in [5, 5.41) is 3.19. The lowest BCUT2D eigenvalue weighted by Crippen LogP contribution is -2.55. The number of nitrogens with one attached hydrogen (secondary N) is 1. The molecule has 10 heteroatoms.